The number of aromatic amines is 1. The summed E-state index contributed by atoms with van der Waals surface area (Å²) < 4.78 is 5.22. The summed E-state index contributed by atoms with van der Waals surface area (Å²) in [4.78, 5) is 36.3. The topological polar surface area (TPSA) is 96.9 Å². The first-order valence-electron chi connectivity index (χ1n) is 9.88. The number of methoxy groups -OCH3 is 1. The van der Waals surface area contributed by atoms with Crippen LogP contribution in [-0.4, -0.2) is 43.5 Å². The highest BCUT2D eigenvalue weighted by Crippen LogP contribution is 2.28. The molecule has 8 nitrogen and oxygen atoms in total. The summed E-state index contributed by atoms with van der Waals surface area (Å²) in [7, 11) is 1.66. The van der Waals surface area contributed by atoms with Crippen LogP contribution in [-0.2, 0) is 19.5 Å². The maximum absolute atomic E-state index is 12.7. The fraction of sp³-hybridized carbons (Fsp3) is 0.227. The third-order valence-corrected chi connectivity index (χ3v) is 6.28. The third kappa shape index (κ3) is 4.10. The number of hydrogen-bond acceptors (Lipinski definition) is 8. The molecule has 5 rings (SSSR count). The van der Waals surface area contributed by atoms with Crippen LogP contribution in [0.15, 0.2) is 54.0 Å². The van der Waals surface area contributed by atoms with Crippen LogP contribution in [0.2, 0.25) is 0 Å². The SMILES string of the molecule is COc1ccc(-c2ncc(CN3CCc4nc(-c5cncnc5)[nH]c(=O)c4C3)s2)cc1. The van der Waals surface area contributed by atoms with E-state index in [2.05, 4.69) is 29.8 Å². The van der Waals surface area contributed by atoms with Crippen molar-refractivity contribution in [3.8, 4) is 27.7 Å². The molecule has 3 aromatic heterocycles. The van der Waals surface area contributed by atoms with E-state index in [4.69, 9.17) is 4.74 Å². The van der Waals surface area contributed by atoms with Crippen molar-refractivity contribution in [2.24, 2.45) is 0 Å². The quantitative estimate of drug-likeness (QED) is 0.518. The van der Waals surface area contributed by atoms with E-state index in [1.807, 2.05) is 30.5 Å². The van der Waals surface area contributed by atoms with E-state index < -0.39 is 0 Å². The molecule has 0 spiro atoms. The number of H-pyrrole nitrogens is 1. The van der Waals surface area contributed by atoms with Gasteiger partial charge in [-0.15, -0.1) is 11.3 Å². The van der Waals surface area contributed by atoms with E-state index in [1.165, 1.54) is 6.33 Å². The minimum absolute atomic E-state index is 0.100. The summed E-state index contributed by atoms with van der Waals surface area (Å²) in [5.41, 5.74) is 3.25. The second kappa shape index (κ2) is 8.37. The number of fused-ring (bicyclic) bond motifs is 1. The number of aromatic nitrogens is 5. The first-order chi connectivity index (χ1) is 15.2. The van der Waals surface area contributed by atoms with E-state index in [9.17, 15) is 4.79 Å². The zero-order valence-corrected chi connectivity index (χ0v) is 17.7. The van der Waals surface area contributed by atoms with Crippen LogP contribution < -0.4 is 10.3 Å². The average Bonchev–Trinajstić information content (AvgIpc) is 3.28. The molecular formula is C22H20N6O2S. The molecule has 0 amide bonds. The van der Waals surface area contributed by atoms with Gasteiger partial charge in [0, 0.05) is 55.1 Å². The number of nitrogens with zero attached hydrogens (tertiary/aromatic N) is 5. The highest BCUT2D eigenvalue weighted by molar-refractivity contribution is 7.15. The summed E-state index contributed by atoms with van der Waals surface area (Å²) in [5.74, 6) is 1.35. The van der Waals surface area contributed by atoms with Gasteiger partial charge >= 0.3 is 0 Å². The van der Waals surface area contributed by atoms with Crippen molar-refractivity contribution in [3.05, 3.63) is 75.7 Å². The van der Waals surface area contributed by atoms with Crippen molar-refractivity contribution in [2.75, 3.05) is 13.7 Å². The molecule has 31 heavy (non-hydrogen) atoms. The van der Waals surface area contributed by atoms with Gasteiger partial charge in [-0.3, -0.25) is 9.69 Å². The summed E-state index contributed by atoms with van der Waals surface area (Å²) >= 11 is 1.67. The zero-order valence-electron chi connectivity index (χ0n) is 16.9. The van der Waals surface area contributed by atoms with Gasteiger partial charge in [-0.2, -0.15) is 0 Å². The molecule has 4 aromatic rings. The molecule has 1 N–H and O–H groups in total. The first-order valence-corrected chi connectivity index (χ1v) is 10.7. The van der Waals surface area contributed by atoms with E-state index >= 15 is 0 Å². The van der Waals surface area contributed by atoms with Gasteiger partial charge in [0.25, 0.3) is 5.56 Å². The molecule has 0 aliphatic carbocycles. The molecule has 9 heteroatoms. The van der Waals surface area contributed by atoms with Crippen LogP contribution in [0.4, 0.5) is 0 Å². The Morgan fingerprint density at radius 2 is 1.94 bits per heavy atom. The summed E-state index contributed by atoms with van der Waals surface area (Å²) in [6.45, 7) is 2.16. The Bertz CT molecular complexity index is 1250. The van der Waals surface area contributed by atoms with Gasteiger partial charge in [0.05, 0.1) is 23.9 Å². The van der Waals surface area contributed by atoms with Crippen LogP contribution >= 0.6 is 11.3 Å². The molecule has 0 radical (unpaired) electrons. The fourth-order valence-electron chi connectivity index (χ4n) is 3.64. The Hall–Kier alpha value is -3.43. The van der Waals surface area contributed by atoms with Crippen molar-refractivity contribution in [2.45, 2.75) is 19.5 Å². The Morgan fingerprint density at radius 1 is 1.13 bits per heavy atom. The number of nitrogens with one attached hydrogen (secondary N) is 1. The van der Waals surface area contributed by atoms with E-state index in [1.54, 1.807) is 30.8 Å². The average molecular weight is 433 g/mol. The van der Waals surface area contributed by atoms with Crippen LogP contribution in [0.1, 0.15) is 16.1 Å². The number of hydrogen-bond donors (Lipinski definition) is 1. The van der Waals surface area contributed by atoms with Crippen LogP contribution in [0.25, 0.3) is 22.0 Å². The second-order valence-corrected chi connectivity index (χ2v) is 8.40. The maximum Gasteiger partial charge on any atom is 0.255 e. The molecule has 156 valence electrons. The van der Waals surface area contributed by atoms with Crippen molar-refractivity contribution >= 4 is 11.3 Å². The highest BCUT2D eigenvalue weighted by atomic mass is 32.1. The standard InChI is InChI=1S/C22H20N6O2S/c1-30-16-4-2-14(3-5-16)22-25-10-17(31-22)11-28-7-6-19-18(12-28)21(29)27-20(26-19)15-8-23-13-24-9-15/h2-5,8-10,13H,6-7,11-12H2,1H3,(H,26,27,29). The molecule has 0 atom stereocenters. The lowest BCUT2D eigenvalue weighted by atomic mass is 10.1. The molecule has 0 unspecified atom stereocenters. The van der Waals surface area contributed by atoms with Crippen molar-refractivity contribution in [1.29, 1.82) is 0 Å². The second-order valence-electron chi connectivity index (χ2n) is 7.29. The number of thiazole rings is 1. The van der Waals surface area contributed by atoms with E-state index in [-0.39, 0.29) is 5.56 Å². The van der Waals surface area contributed by atoms with Crippen molar-refractivity contribution < 1.29 is 4.74 Å². The molecular weight excluding hydrogens is 412 g/mol. The largest absolute Gasteiger partial charge is 0.497 e. The van der Waals surface area contributed by atoms with Crippen LogP contribution in [0.5, 0.6) is 5.75 Å². The smallest absolute Gasteiger partial charge is 0.255 e. The fourth-order valence-corrected chi connectivity index (χ4v) is 4.60. The monoisotopic (exact) mass is 432 g/mol. The minimum atomic E-state index is -0.100. The molecule has 0 saturated heterocycles. The van der Waals surface area contributed by atoms with Gasteiger partial charge in [-0.1, -0.05) is 0 Å². The molecule has 1 aliphatic rings. The van der Waals surface area contributed by atoms with Crippen molar-refractivity contribution in [1.82, 2.24) is 29.8 Å². The van der Waals surface area contributed by atoms with Gasteiger partial charge in [-0.25, -0.2) is 19.9 Å². The van der Waals surface area contributed by atoms with Gasteiger partial charge < -0.3 is 9.72 Å². The van der Waals surface area contributed by atoms with E-state index in [0.717, 1.165) is 52.0 Å². The molecule has 4 heterocycles. The number of rotatable bonds is 5. The first kappa shape index (κ1) is 19.5. The summed E-state index contributed by atoms with van der Waals surface area (Å²) in [6.07, 6.45) is 7.40. The predicted octanol–water partition coefficient (Wildman–Crippen LogP) is 2.92. The van der Waals surface area contributed by atoms with E-state index in [0.29, 0.717) is 17.9 Å². The normalized spacial score (nSPS) is 13.7. The van der Waals surface area contributed by atoms with Gasteiger partial charge in [0.15, 0.2) is 0 Å². The molecule has 1 aromatic carbocycles. The number of ether oxygens (including phenoxy) is 1. The summed E-state index contributed by atoms with van der Waals surface area (Å²) in [6, 6.07) is 7.90. The Morgan fingerprint density at radius 3 is 2.71 bits per heavy atom. The molecule has 0 bridgehead atoms. The Balaban J connectivity index is 1.31. The Kier molecular flexibility index (Phi) is 5.27. The van der Waals surface area contributed by atoms with Crippen LogP contribution in [0, 0.1) is 0 Å². The summed E-state index contributed by atoms with van der Waals surface area (Å²) in [5, 5.41) is 0.976. The zero-order chi connectivity index (χ0) is 21.2. The molecule has 0 saturated carbocycles. The molecule has 0 fully saturated rings. The Labute approximate surface area is 182 Å². The third-order valence-electron chi connectivity index (χ3n) is 5.25. The molecule has 1 aliphatic heterocycles. The highest BCUT2D eigenvalue weighted by Gasteiger charge is 2.22. The lowest BCUT2D eigenvalue weighted by molar-refractivity contribution is 0.244. The maximum atomic E-state index is 12.7. The van der Waals surface area contributed by atoms with Crippen molar-refractivity contribution in [3.63, 3.8) is 0 Å². The lowest BCUT2D eigenvalue weighted by Crippen LogP contribution is -2.35. The van der Waals surface area contributed by atoms with Gasteiger partial charge in [0.1, 0.15) is 22.9 Å². The lowest BCUT2D eigenvalue weighted by Gasteiger charge is -2.27. The van der Waals surface area contributed by atoms with Crippen LogP contribution in [0.3, 0.4) is 0 Å². The van der Waals surface area contributed by atoms with Gasteiger partial charge in [0.2, 0.25) is 0 Å². The van der Waals surface area contributed by atoms with Gasteiger partial charge in [-0.05, 0) is 24.3 Å². The number of benzene rings is 1. The predicted molar refractivity (Wildman–Crippen MR) is 118 cm³/mol. The minimum Gasteiger partial charge on any atom is -0.497 e.